The van der Waals surface area contributed by atoms with Gasteiger partial charge in [0.1, 0.15) is 22.7 Å². The summed E-state index contributed by atoms with van der Waals surface area (Å²) in [5.74, 6) is -0.860. The van der Waals surface area contributed by atoms with E-state index in [1.54, 1.807) is 133 Å². The van der Waals surface area contributed by atoms with Crippen LogP contribution >= 0.6 is 7.60 Å². The number of ether oxygens (including phenoxy) is 3. The van der Waals surface area contributed by atoms with Crippen LogP contribution in [-0.4, -0.2) is 47.8 Å². The Balaban J connectivity index is 1.91. The normalized spacial score (nSPS) is 12.6. The third kappa shape index (κ3) is 13.4. The Morgan fingerprint density at radius 2 is 1.27 bits per heavy atom. The molecule has 1 atom stereocenters. The number of nitrogens with one attached hydrogen (secondary N) is 3. The molecular formula is C34H43N4O9P. The molecule has 0 aliphatic rings. The Morgan fingerprint density at radius 1 is 0.750 bits per heavy atom. The highest BCUT2D eigenvalue weighted by molar-refractivity contribution is 7.55. The van der Waals surface area contributed by atoms with Crippen LogP contribution in [0.3, 0.4) is 0 Å². The van der Waals surface area contributed by atoms with E-state index in [4.69, 9.17) is 23.3 Å². The number of rotatable bonds is 10. The average Bonchev–Trinajstić information content (AvgIpc) is 2.97. The number of carbonyl (C=O) groups is 3. The molecule has 1 unspecified atom stereocenters. The highest BCUT2D eigenvalue weighted by atomic mass is 31.2. The summed E-state index contributed by atoms with van der Waals surface area (Å²) in [5.41, 5.74) is -0.565. The summed E-state index contributed by atoms with van der Waals surface area (Å²) in [6, 6.07) is 23.6. The smallest absolute Gasteiger partial charge is 0.450 e. The van der Waals surface area contributed by atoms with Gasteiger partial charge in [0.25, 0.3) is 0 Å². The van der Waals surface area contributed by atoms with Crippen molar-refractivity contribution in [3.8, 4) is 11.5 Å². The summed E-state index contributed by atoms with van der Waals surface area (Å²) in [5, 5.41) is 7.96. The van der Waals surface area contributed by atoms with Crippen LogP contribution in [0, 0.1) is 0 Å². The van der Waals surface area contributed by atoms with Gasteiger partial charge < -0.3 is 33.9 Å². The molecule has 3 aromatic rings. The summed E-state index contributed by atoms with van der Waals surface area (Å²) < 4.78 is 42.2. The monoisotopic (exact) mass is 682 g/mol. The van der Waals surface area contributed by atoms with Crippen LogP contribution in [-0.2, 0) is 25.2 Å². The molecule has 3 amide bonds. The summed E-state index contributed by atoms with van der Waals surface area (Å²) in [4.78, 5) is 41.5. The van der Waals surface area contributed by atoms with E-state index in [1.807, 2.05) is 0 Å². The van der Waals surface area contributed by atoms with E-state index in [9.17, 15) is 18.9 Å². The van der Waals surface area contributed by atoms with Crippen LogP contribution in [0.2, 0.25) is 0 Å². The first-order chi connectivity index (χ1) is 22.5. The van der Waals surface area contributed by atoms with Crippen molar-refractivity contribution in [1.82, 2.24) is 10.6 Å². The molecule has 0 spiro atoms. The predicted octanol–water partition coefficient (Wildman–Crippen LogP) is 7.88. The largest absolute Gasteiger partial charge is 0.453 e. The van der Waals surface area contributed by atoms with Crippen LogP contribution in [0.15, 0.2) is 89.9 Å². The van der Waals surface area contributed by atoms with E-state index in [2.05, 4.69) is 20.9 Å². The molecule has 14 heteroatoms. The van der Waals surface area contributed by atoms with Crippen LogP contribution in [0.25, 0.3) is 0 Å². The molecule has 3 N–H and O–H groups in total. The van der Waals surface area contributed by atoms with Gasteiger partial charge in [-0.25, -0.2) is 18.9 Å². The number of nitrogens with zero attached hydrogens (tertiary/aromatic N) is 1. The highest BCUT2D eigenvalue weighted by Crippen LogP contribution is 2.53. The molecule has 13 nitrogen and oxygen atoms in total. The Labute approximate surface area is 280 Å². The standard InChI is InChI=1S/C34H43N4O9P/c1-8-43-30(39)36-28(48(42,46-26-15-11-9-12-16-26)47-27-17-13-10-14-18-27)23-24-19-21-25(22-20-24)35-29(37-31(40)44-33(2,3)4)38-32(41)45-34(5,6)7/h9-22,28H,8,23H2,1-7H3,(H,36,39)(H2,35,37,38,40,41). The molecule has 3 aromatic carbocycles. The quantitative estimate of drug-likeness (QED) is 0.0830. The number of guanidine groups is 1. The van der Waals surface area contributed by atoms with Gasteiger partial charge in [-0.05, 0) is 90.4 Å². The highest BCUT2D eigenvalue weighted by Gasteiger charge is 2.41. The van der Waals surface area contributed by atoms with Crippen LogP contribution in [0.4, 0.5) is 20.1 Å². The fourth-order valence-corrected chi connectivity index (χ4v) is 5.72. The second-order valence-electron chi connectivity index (χ2n) is 12.3. The van der Waals surface area contributed by atoms with Gasteiger partial charge in [0.15, 0.2) is 5.78 Å². The van der Waals surface area contributed by atoms with Crippen LogP contribution in [0.1, 0.15) is 54.0 Å². The van der Waals surface area contributed by atoms with Crippen molar-refractivity contribution >= 4 is 37.5 Å². The van der Waals surface area contributed by atoms with Gasteiger partial charge in [-0.1, -0.05) is 48.5 Å². The summed E-state index contributed by atoms with van der Waals surface area (Å²) in [7, 11) is -4.18. The molecule has 0 heterocycles. The molecule has 3 rings (SSSR count). The minimum atomic E-state index is -4.18. The molecule has 0 radical (unpaired) electrons. The van der Waals surface area contributed by atoms with Crippen molar-refractivity contribution in [3.63, 3.8) is 0 Å². The summed E-state index contributed by atoms with van der Waals surface area (Å²) >= 11 is 0. The van der Waals surface area contributed by atoms with Gasteiger partial charge in [-0.2, -0.15) is 0 Å². The maximum atomic E-state index is 14.6. The molecule has 258 valence electrons. The zero-order chi connectivity index (χ0) is 35.4. The van der Waals surface area contributed by atoms with Crippen molar-refractivity contribution in [2.45, 2.75) is 71.9 Å². The van der Waals surface area contributed by atoms with Gasteiger partial charge >= 0.3 is 25.9 Å². The number of hydrogen-bond acceptors (Lipinski definition) is 9. The van der Waals surface area contributed by atoms with Crippen molar-refractivity contribution in [2.75, 3.05) is 11.9 Å². The molecule has 0 saturated carbocycles. The Bertz CT molecular complexity index is 1540. The Morgan fingerprint density at radius 3 is 1.75 bits per heavy atom. The zero-order valence-electron chi connectivity index (χ0n) is 28.1. The Hall–Kier alpha value is -5.03. The van der Waals surface area contributed by atoms with Gasteiger partial charge in [0.05, 0.1) is 6.61 Å². The van der Waals surface area contributed by atoms with E-state index in [-0.39, 0.29) is 30.5 Å². The molecule has 0 aliphatic carbocycles. The third-order valence-corrected chi connectivity index (χ3v) is 7.76. The average molecular weight is 683 g/mol. The predicted molar refractivity (Wildman–Crippen MR) is 182 cm³/mol. The first-order valence-electron chi connectivity index (χ1n) is 15.2. The van der Waals surface area contributed by atoms with Crippen molar-refractivity contribution < 1.29 is 42.2 Å². The first kappa shape index (κ1) is 37.4. The molecule has 0 aromatic heterocycles. The lowest BCUT2D eigenvalue weighted by Crippen LogP contribution is -2.40. The molecule has 0 aliphatic heterocycles. The van der Waals surface area contributed by atoms with E-state index in [0.29, 0.717) is 11.3 Å². The molecule has 0 saturated heterocycles. The van der Waals surface area contributed by atoms with Crippen molar-refractivity contribution in [1.29, 1.82) is 0 Å². The second kappa shape index (κ2) is 16.7. The number of para-hydroxylation sites is 2. The summed E-state index contributed by atoms with van der Waals surface area (Å²) in [6.07, 6.45) is -2.57. The number of alkyl carbamates (subject to hydrolysis) is 2. The number of carbonyl (C=O) groups excluding carboxylic acids is 3. The van der Waals surface area contributed by atoms with Gasteiger partial charge in [-0.3, -0.25) is 5.32 Å². The zero-order valence-corrected chi connectivity index (χ0v) is 29.0. The van der Waals surface area contributed by atoms with Crippen LogP contribution < -0.4 is 25.0 Å². The molecular weight excluding hydrogens is 639 g/mol. The maximum absolute atomic E-state index is 14.6. The second-order valence-corrected chi connectivity index (χ2v) is 14.4. The molecule has 0 fully saturated rings. The van der Waals surface area contributed by atoms with Crippen molar-refractivity contribution in [3.05, 3.63) is 90.5 Å². The van der Waals surface area contributed by atoms with E-state index < -0.39 is 42.9 Å². The van der Waals surface area contributed by atoms with E-state index >= 15 is 0 Å². The minimum Gasteiger partial charge on any atom is -0.450 e. The van der Waals surface area contributed by atoms with E-state index in [0.717, 1.165) is 0 Å². The lowest BCUT2D eigenvalue weighted by atomic mass is 10.1. The van der Waals surface area contributed by atoms with Crippen molar-refractivity contribution in [2.24, 2.45) is 4.99 Å². The van der Waals surface area contributed by atoms with Gasteiger partial charge in [-0.15, -0.1) is 4.99 Å². The SMILES string of the molecule is CCOC(=O)NC(Cc1ccc(NC(=NC(=O)OC(C)(C)C)NC(=O)OC(C)(C)C)cc1)P(=O)(Oc1ccccc1)Oc1ccccc1. The summed E-state index contributed by atoms with van der Waals surface area (Å²) in [6.45, 7) is 11.9. The maximum Gasteiger partial charge on any atom is 0.453 e. The van der Waals surface area contributed by atoms with Gasteiger partial charge in [0, 0.05) is 12.1 Å². The number of anilines is 1. The Kier molecular flexibility index (Phi) is 13.0. The fraction of sp³-hybridized carbons (Fsp3) is 0.353. The first-order valence-corrected chi connectivity index (χ1v) is 16.8. The van der Waals surface area contributed by atoms with Gasteiger partial charge in [0.2, 0.25) is 5.96 Å². The molecule has 0 bridgehead atoms. The number of hydrogen-bond donors (Lipinski definition) is 3. The number of amides is 3. The number of benzene rings is 3. The molecule has 48 heavy (non-hydrogen) atoms. The third-order valence-electron chi connectivity index (χ3n) is 5.75. The van der Waals surface area contributed by atoms with Crippen LogP contribution in [0.5, 0.6) is 11.5 Å². The lowest BCUT2D eigenvalue weighted by Gasteiger charge is -2.28. The topological polar surface area (TPSA) is 163 Å². The lowest BCUT2D eigenvalue weighted by molar-refractivity contribution is 0.0562. The van der Waals surface area contributed by atoms with E-state index in [1.165, 1.54) is 0 Å². The minimum absolute atomic E-state index is 0.00501. The fourth-order valence-electron chi connectivity index (χ4n) is 3.90. The number of aliphatic imine (C=N–C) groups is 1.